The fourth-order valence-corrected chi connectivity index (χ4v) is 7.34. The number of amides is 4. The molecule has 0 saturated carbocycles. The minimum atomic E-state index is -0.268. The number of nitrogens with zero attached hydrogens (tertiary/aromatic N) is 4. The number of fused-ring (bicyclic) bond motifs is 2. The van der Waals surface area contributed by atoms with Crippen molar-refractivity contribution in [2.75, 3.05) is 52.4 Å². The third-order valence-electron chi connectivity index (χ3n) is 9.87. The third-order valence-corrected chi connectivity index (χ3v) is 9.87. The van der Waals surface area contributed by atoms with Crippen molar-refractivity contribution in [3.8, 4) is 0 Å². The highest BCUT2D eigenvalue weighted by Crippen LogP contribution is 2.46. The van der Waals surface area contributed by atoms with Gasteiger partial charge in [-0.25, -0.2) is 0 Å². The molecule has 8 nitrogen and oxygen atoms in total. The van der Waals surface area contributed by atoms with Gasteiger partial charge in [-0.05, 0) is 82.8 Å². The van der Waals surface area contributed by atoms with Crippen molar-refractivity contribution in [2.24, 2.45) is 0 Å². The molecule has 4 amide bonds. The lowest BCUT2D eigenvalue weighted by Gasteiger charge is -2.31. The maximum absolute atomic E-state index is 13.7. The Kier molecular flexibility index (Phi) is 6.86. The molecule has 0 aliphatic carbocycles. The topological polar surface area (TPSA) is 81.2 Å². The Morgan fingerprint density at radius 2 is 0.705 bits per heavy atom. The van der Waals surface area contributed by atoms with Crippen LogP contribution in [0.4, 0.5) is 0 Å². The van der Waals surface area contributed by atoms with Gasteiger partial charge in [0, 0.05) is 59.2 Å². The summed E-state index contributed by atoms with van der Waals surface area (Å²) in [6, 6.07) is 15.1. The standard InChI is InChI=1S/C36H36N4O4/c1-5-37(6-2)17-19-39-33(41)25-13-9-21-23-11-15-27-32-28(36(44)40(35(27)43)20-18-38(7-3)8-4)16-12-24(30(23)32)22-10-14-26(34(39)42)31(25)29(21)22/h9-16H,5-8,17-20H2,1-4H3. The number of hydrogen-bond donors (Lipinski definition) is 0. The predicted octanol–water partition coefficient (Wildman–Crippen LogP) is 5.61. The van der Waals surface area contributed by atoms with Crippen molar-refractivity contribution in [2.45, 2.75) is 27.7 Å². The second-order valence-corrected chi connectivity index (χ2v) is 11.7. The molecule has 2 aliphatic rings. The van der Waals surface area contributed by atoms with Crippen molar-refractivity contribution in [3.63, 3.8) is 0 Å². The van der Waals surface area contributed by atoms with Gasteiger partial charge in [0.15, 0.2) is 0 Å². The summed E-state index contributed by atoms with van der Waals surface area (Å²) >= 11 is 0. The second kappa shape index (κ2) is 10.6. The average Bonchev–Trinajstić information content (AvgIpc) is 3.05. The van der Waals surface area contributed by atoms with Gasteiger partial charge in [-0.1, -0.05) is 52.0 Å². The first-order chi connectivity index (χ1) is 21.3. The lowest BCUT2D eigenvalue weighted by molar-refractivity contribution is 0.0579. The van der Waals surface area contributed by atoms with Crippen LogP contribution in [0, 0.1) is 0 Å². The fraction of sp³-hybridized carbons (Fsp3) is 0.333. The minimum Gasteiger partial charge on any atom is -0.302 e. The van der Waals surface area contributed by atoms with Gasteiger partial charge in [-0.3, -0.25) is 29.0 Å². The van der Waals surface area contributed by atoms with Crippen LogP contribution in [0.5, 0.6) is 0 Å². The maximum Gasteiger partial charge on any atom is 0.261 e. The first kappa shape index (κ1) is 28.4. The zero-order valence-electron chi connectivity index (χ0n) is 25.7. The zero-order valence-corrected chi connectivity index (χ0v) is 25.7. The summed E-state index contributed by atoms with van der Waals surface area (Å²) < 4.78 is 0. The van der Waals surface area contributed by atoms with Crippen molar-refractivity contribution in [1.82, 2.24) is 19.6 Å². The molecule has 8 heteroatoms. The van der Waals surface area contributed by atoms with E-state index in [2.05, 4.69) is 37.5 Å². The smallest absolute Gasteiger partial charge is 0.261 e. The predicted molar refractivity (Wildman–Crippen MR) is 174 cm³/mol. The molecule has 44 heavy (non-hydrogen) atoms. The number of likely N-dealkylation sites (N-methyl/N-ethyl adjacent to an activating group) is 2. The molecule has 5 aromatic rings. The van der Waals surface area contributed by atoms with Crippen LogP contribution in [0.3, 0.4) is 0 Å². The summed E-state index contributed by atoms with van der Waals surface area (Å²) in [7, 11) is 0. The molecule has 0 spiro atoms. The van der Waals surface area contributed by atoms with Gasteiger partial charge >= 0.3 is 0 Å². The Hall–Kier alpha value is -4.40. The highest BCUT2D eigenvalue weighted by molar-refractivity contribution is 6.41. The summed E-state index contributed by atoms with van der Waals surface area (Å²) in [5.41, 5.74) is 2.12. The quantitative estimate of drug-likeness (QED) is 0.120. The SMILES string of the molecule is CCN(CC)CCN1C(=O)c2ccc3c4ccc5c6c(ccc(c7ccc(c2c37)C1=O)c64)C(=O)N(CCN(CC)CC)C5=O. The van der Waals surface area contributed by atoms with Crippen LogP contribution in [0.1, 0.15) is 69.1 Å². The van der Waals surface area contributed by atoms with E-state index in [4.69, 9.17) is 0 Å². The van der Waals surface area contributed by atoms with E-state index in [1.807, 2.05) is 48.5 Å². The molecule has 0 fully saturated rings. The molecule has 2 heterocycles. The van der Waals surface area contributed by atoms with Gasteiger partial charge in [-0.2, -0.15) is 0 Å². The lowest BCUT2D eigenvalue weighted by Crippen LogP contribution is -2.44. The molecule has 0 aromatic heterocycles. The fourth-order valence-electron chi connectivity index (χ4n) is 7.34. The van der Waals surface area contributed by atoms with Gasteiger partial charge < -0.3 is 9.80 Å². The van der Waals surface area contributed by atoms with Crippen molar-refractivity contribution in [3.05, 3.63) is 70.8 Å². The Labute approximate surface area is 256 Å². The number of rotatable bonds is 10. The van der Waals surface area contributed by atoms with Crippen LogP contribution in [0.15, 0.2) is 48.5 Å². The minimum absolute atomic E-state index is 0.268. The number of hydrogen-bond acceptors (Lipinski definition) is 6. The van der Waals surface area contributed by atoms with Gasteiger partial charge in [-0.15, -0.1) is 0 Å². The summed E-state index contributed by atoms with van der Waals surface area (Å²) in [4.78, 5) is 62.1. The van der Waals surface area contributed by atoms with Crippen molar-refractivity contribution >= 4 is 66.7 Å². The van der Waals surface area contributed by atoms with Gasteiger partial charge in [0.05, 0.1) is 0 Å². The van der Waals surface area contributed by atoms with E-state index < -0.39 is 0 Å². The van der Waals surface area contributed by atoms with E-state index in [9.17, 15) is 19.2 Å². The molecule has 0 saturated heterocycles. The van der Waals surface area contributed by atoms with Gasteiger partial charge in [0.25, 0.3) is 23.6 Å². The van der Waals surface area contributed by atoms with Crippen LogP contribution in [-0.4, -0.2) is 95.6 Å². The number of benzene rings is 5. The summed E-state index contributed by atoms with van der Waals surface area (Å²) in [6.07, 6.45) is 0. The van der Waals surface area contributed by atoms with Crippen LogP contribution in [0.25, 0.3) is 43.1 Å². The van der Waals surface area contributed by atoms with Crippen LogP contribution in [-0.2, 0) is 0 Å². The zero-order chi connectivity index (χ0) is 30.9. The van der Waals surface area contributed by atoms with E-state index in [0.717, 1.165) is 58.5 Å². The first-order valence-electron chi connectivity index (χ1n) is 15.7. The molecule has 0 unspecified atom stereocenters. The van der Waals surface area contributed by atoms with E-state index in [-0.39, 0.29) is 23.6 Å². The van der Waals surface area contributed by atoms with Gasteiger partial charge in [0.2, 0.25) is 0 Å². The molecule has 5 aromatic carbocycles. The monoisotopic (exact) mass is 588 g/mol. The molecule has 7 rings (SSSR count). The molecule has 0 N–H and O–H groups in total. The number of imide groups is 2. The first-order valence-corrected chi connectivity index (χ1v) is 15.7. The molecule has 2 aliphatic heterocycles. The van der Waals surface area contributed by atoms with E-state index in [0.29, 0.717) is 59.2 Å². The average molecular weight is 589 g/mol. The van der Waals surface area contributed by atoms with Crippen molar-refractivity contribution < 1.29 is 19.2 Å². The van der Waals surface area contributed by atoms with E-state index >= 15 is 0 Å². The Balaban J connectivity index is 1.39. The highest BCUT2D eigenvalue weighted by atomic mass is 16.2. The van der Waals surface area contributed by atoms with E-state index in [1.165, 1.54) is 9.80 Å². The Bertz CT molecular complexity index is 1760. The van der Waals surface area contributed by atoms with Gasteiger partial charge in [0.1, 0.15) is 0 Å². The number of carbonyl (C=O) groups is 4. The largest absolute Gasteiger partial charge is 0.302 e. The summed E-state index contributed by atoms with van der Waals surface area (Å²) in [5, 5.41) is 6.71. The van der Waals surface area contributed by atoms with Crippen molar-refractivity contribution in [1.29, 1.82) is 0 Å². The highest BCUT2D eigenvalue weighted by Gasteiger charge is 2.36. The molecule has 224 valence electrons. The van der Waals surface area contributed by atoms with Crippen LogP contribution >= 0.6 is 0 Å². The molecular weight excluding hydrogens is 552 g/mol. The van der Waals surface area contributed by atoms with E-state index in [1.54, 1.807) is 0 Å². The Morgan fingerprint density at radius 3 is 0.955 bits per heavy atom. The molecule has 0 radical (unpaired) electrons. The van der Waals surface area contributed by atoms with Crippen LogP contribution < -0.4 is 0 Å². The number of carbonyl (C=O) groups excluding carboxylic acids is 4. The molecular formula is C36H36N4O4. The second-order valence-electron chi connectivity index (χ2n) is 11.7. The normalized spacial score (nSPS) is 15.1. The lowest BCUT2D eigenvalue weighted by atomic mass is 9.82. The third kappa shape index (κ3) is 3.90. The molecule has 0 atom stereocenters. The Morgan fingerprint density at radius 1 is 0.432 bits per heavy atom. The summed E-state index contributed by atoms with van der Waals surface area (Å²) in [5.74, 6) is -1.07. The molecule has 0 bridgehead atoms. The van der Waals surface area contributed by atoms with Crippen LogP contribution in [0.2, 0.25) is 0 Å². The summed E-state index contributed by atoms with van der Waals surface area (Å²) in [6.45, 7) is 13.6. The maximum atomic E-state index is 13.7.